The molecule has 3 rings (SSSR count). The van der Waals surface area contributed by atoms with Crippen LogP contribution in [0.15, 0.2) is 36.5 Å². The first-order valence-electron chi connectivity index (χ1n) is 8.76. The van der Waals surface area contributed by atoms with E-state index < -0.39 is 9.85 Å². The summed E-state index contributed by atoms with van der Waals surface area (Å²) in [6.45, 7) is 2.79. The van der Waals surface area contributed by atoms with Gasteiger partial charge in [-0.2, -0.15) is 0 Å². The maximum atomic E-state index is 12.5. The largest absolute Gasteiger partial charge is 0.366 e. The van der Waals surface area contributed by atoms with E-state index in [-0.39, 0.29) is 23.2 Å². The van der Waals surface area contributed by atoms with Gasteiger partial charge in [-0.15, -0.1) is 0 Å². The van der Waals surface area contributed by atoms with Gasteiger partial charge in [-0.25, -0.2) is 4.98 Å². The lowest BCUT2D eigenvalue weighted by atomic mass is 9.95. The molecule has 0 spiro atoms. The zero-order chi connectivity index (χ0) is 20.3. The lowest BCUT2D eigenvalue weighted by Gasteiger charge is -2.32. The highest BCUT2D eigenvalue weighted by molar-refractivity contribution is 5.92. The molecular formula is C18H19N5O5. The Labute approximate surface area is 160 Å². The molecule has 1 fully saturated rings. The van der Waals surface area contributed by atoms with Crippen LogP contribution >= 0.6 is 0 Å². The van der Waals surface area contributed by atoms with Gasteiger partial charge in [0.15, 0.2) is 0 Å². The Balaban J connectivity index is 1.67. The number of nitro benzene ring substituents is 2. The first kappa shape index (κ1) is 19.2. The van der Waals surface area contributed by atoms with Crippen molar-refractivity contribution in [3.63, 3.8) is 0 Å². The fourth-order valence-electron chi connectivity index (χ4n) is 3.25. The molecule has 1 aromatic carbocycles. The number of hydrogen-bond acceptors (Lipinski definition) is 7. The van der Waals surface area contributed by atoms with Crippen molar-refractivity contribution in [2.75, 3.05) is 23.3 Å². The average molecular weight is 385 g/mol. The monoisotopic (exact) mass is 385 g/mol. The Kier molecular flexibility index (Phi) is 5.48. The Hall–Kier alpha value is -3.56. The maximum Gasteiger partial charge on any atom is 0.299 e. The quantitative estimate of drug-likeness (QED) is 0.618. The Morgan fingerprint density at radius 2 is 1.86 bits per heavy atom. The Morgan fingerprint density at radius 3 is 2.46 bits per heavy atom. The van der Waals surface area contributed by atoms with Gasteiger partial charge in [0.2, 0.25) is 5.91 Å². The molecule has 1 aromatic heterocycles. The fourth-order valence-corrected chi connectivity index (χ4v) is 3.25. The van der Waals surface area contributed by atoms with E-state index in [4.69, 9.17) is 0 Å². The molecule has 1 aliphatic heterocycles. The van der Waals surface area contributed by atoms with Crippen molar-refractivity contribution < 1.29 is 14.6 Å². The van der Waals surface area contributed by atoms with Crippen LogP contribution in [-0.4, -0.2) is 33.8 Å². The van der Waals surface area contributed by atoms with Gasteiger partial charge in [0.05, 0.1) is 15.9 Å². The number of pyridine rings is 1. The summed E-state index contributed by atoms with van der Waals surface area (Å²) < 4.78 is 0. The number of carbonyl (C=O) groups is 1. The molecular weight excluding hydrogens is 366 g/mol. The second-order valence-electron chi connectivity index (χ2n) is 6.66. The zero-order valence-electron chi connectivity index (χ0n) is 15.2. The van der Waals surface area contributed by atoms with E-state index in [9.17, 15) is 25.0 Å². The van der Waals surface area contributed by atoms with Crippen molar-refractivity contribution in [2.24, 2.45) is 5.92 Å². The minimum atomic E-state index is -0.660. The Bertz CT molecular complexity index is 924. The summed E-state index contributed by atoms with van der Waals surface area (Å²) in [6.07, 6.45) is 2.67. The minimum Gasteiger partial charge on any atom is -0.366 e. The highest BCUT2D eigenvalue weighted by Crippen LogP contribution is 2.34. The van der Waals surface area contributed by atoms with Crippen LogP contribution in [0.3, 0.4) is 0 Å². The van der Waals surface area contributed by atoms with Crippen LogP contribution in [0, 0.1) is 33.1 Å². The summed E-state index contributed by atoms with van der Waals surface area (Å²) in [6, 6.07) is 7.24. The molecule has 0 unspecified atom stereocenters. The smallest absolute Gasteiger partial charge is 0.299 e. The van der Waals surface area contributed by atoms with Crippen LogP contribution in [0.25, 0.3) is 0 Å². The molecule has 1 saturated heterocycles. The minimum absolute atomic E-state index is 0.129. The van der Waals surface area contributed by atoms with Gasteiger partial charge in [0, 0.05) is 31.3 Å². The van der Waals surface area contributed by atoms with E-state index >= 15 is 0 Å². The van der Waals surface area contributed by atoms with E-state index in [0.717, 1.165) is 11.6 Å². The van der Waals surface area contributed by atoms with Crippen molar-refractivity contribution in [1.29, 1.82) is 0 Å². The van der Waals surface area contributed by atoms with Gasteiger partial charge in [-0.05, 0) is 43.5 Å². The van der Waals surface area contributed by atoms with Gasteiger partial charge < -0.3 is 10.2 Å². The number of anilines is 2. The third kappa shape index (κ3) is 4.22. The van der Waals surface area contributed by atoms with E-state index in [1.807, 2.05) is 13.0 Å². The fraction of sp³-hybridized carbons (Fsp3) is 0.333. The zero-order valence-corrected chi connectivity index (χ0v) is 15.2. The van der Waals surface area contributed by atoms with Gasteiger partial charge >= 0.3 is 0 Å². The average Bonchev–Trinajstić information content (AvgIpc) is 2.67. The number of nitrogens with one attached hydrogen (secondary N) is 1. The Morgan fingerprint density at radius 1 is 1.14 bits per heavy atom. The molecule has 1 N–H and O–H groups in total. The van der Waals surface area contributed by atoms with Gasteiger partial charge in [-0.3, -0.25) is 25.0 Å². The molecule has 2 heterocycles. The predicted molar refractivity (Wildman–Crippen MR) is 102 cm³/mol. The van der Waals surface area contributed by atoms with Gasteiger partial charge in [0.25, 0.3) is 11.4 Å². The summed E-state index contributed by atoms with van der Waals surface area (Å²) in [4.78, 5) is 39.3. The molecule has 0 aliphatic carbocycles. The molecule has 1 amide bonds. The number of non-ortho nitro benzene ring substituents is 1. The number of aromatic nitrogens is 1. The number of rotatable bonds is 5. The number of aryl methyl sites for hydroxylation is 1. The van der Waals surface area contributed by atoms with E-state index in [1.165, 1.54) is 12.1 Å². The number of nitrogens with zero attached hydrogens (tertiary/aromatic N) is 4. The number of amides is 1. The SMILES string of the molecule is Cc1ccnc(NC(=O)C2CCN(c3ccc([N+](=O)[O-])cc3[N+](=O)[O-])CC2)c1. The predicted octanol–water partition coefficient (Wildman–Crippen LogP) is 3.06. The lowest BCUT2D eigenvalue weighted by Crippen LogP contribution is -2.38. The highest BCUT2D eigenvalue weighted by Gasteiger charge is 2.29. The second-order valence-corrected chi connectivity index (χ2v) is 6.66. The summed E-state index contributed by atoms with van der Waals surface area (Å²) in [5, 5.41) is 25.0. The molecule has 0 atom stereocenters. The van der Waals surface area contributed by atoms with Crippen LogP contribution < -0.4 is 10.2 Å². The molecule has 2 aromatic rings. The lowest BCUT2D eigenvalue weighted by molar-refractivity contribution is -0.393. The van der Waals surface area contributed by atoms with E-state index in [2.05, 4.69) is 10.3 Å². The molecule has 1 aliphatic rings. The molecule has 0 bridgehead atoms. The van der Waals surface area contributed by atoms with Crippen LogP contribution in [-0.2, 0) is 4.79 Å². The maximum absolute atomic E-state index is 12.5. The molecule has 10 nitrogen and oxygen atoms in total. The second kappa shape index (κ2) is 7.99. The summed E-state index contributed by atoms with van der Waals surface area (Å²) in [7, 11) is 0. The first-order chi connectivity index (χ1) is 13.3. The summed E-state index contributed by atoms with van der Waals surface area (Å²) in [5.74, 6) is 0.144. The molecule has 0 radical (unpaired) electrons. The number of carbonyl (C=O) groups excluding carboxylic acids is 1. The summed E-state index contributed by atoms with van der Waals surface area (Å²) in [5.41, 5.74) is 0.692. The standard InChI is InChI=1S/C18H19N5O5/c1-12-4-7-19-17(10-12)20-18(24)13-5-8-21(9-6-13)15-3-2-14(22(25)26)11-16(15)23(27)28/h2-4,7,10-11,13H,5-6,8-9H2,1H3,(H,19,20,24). The van der Waals surface area contributed by atoms with Gasteiger partial charge in [-0.1, -0.05) is 0 Å². The molecule has 146 valence electrons. The van der Waals surface area contributed by atoms with Crippen LogP contribution in [0.5, 0.6) is 0 Å². The number of nitro groups is 2. The van der Waals surface area contributed by atoms with Crippen LogP contribution in [0.2, 0.25) is 0 Å². The van der Waals surface area contributed by atoms with Crippen molar-refractivity contribution in [3.8, 4) is 0 Å². The first-order valence-corrected chi connectivity index (χ1v) is 8.76. The number of piperidine rings is 1. The highest BCUT2D eigenvalue weighted by atomic mass is 16.6. The van der Waals surface area contributed by atoms with Gasteiger partial charge in [0.1, 0.15) is 11.5 Å². The van der Waals surface area contributed by atoms with Crippen molar-refractivity contribution >= 4 is 28.8 Å². The number of benzene rings is 1. The molecule has 28 heavy (non-hydrogen) atoms. The molecule has 0 saturated carbocycles. The van der Waals surface area contributed by atoms with Crippen molar-refractivity contribution in [3.05, 3.63) is 62.3 Å². The van der Waals surface area contributed by atoms with E-state index in [1.54, 1.807) is 17.2 Å². The molecule has 10 heteroatoms. The topological polar surface area (TPSA) is 132 Å². The van der Waals surface area contributed by atoms with Crippen LogP contribution in [0.1, 0.15) is 18.4 Å². The third-order valence-corrected chi connectivity index (χ3v) is 4.74. The van der Waals surface area contributed by atoms with Crippen LogP contribution in [0.4, 0.5) is 22.9 Å². The van der Waals surface area contributed by atoms with Crippen molar-refractivity contribution in [2.45, 2.75) is 19.8 Å². The van der Waals surface area contributed by atoms with Crippen molar-refractivity contribution in [1.82, 2.24) is 4.98 Å². The summed E-state index contributed by atoms with van der Waals surface area (Å²) >= 11 is 0. The van der Waals surface area contributed by atoms with E-state index in [0.29, 0.717) is 37.4 Å². The normalized spacial score (nSPS) is 14.5. The third-order valence-electron chi connectivity index (χ3n) is 4.74. The number of hydrogen-bond donors (Lipinski definition) is 1.